The van der Waals surface area contributed by atoms with E-state index in [-0.39, 0.29) is 78.5 Å². The van der Waals surface area contributed by atoms with Crippen molar-refractivity contribution in [1.82, 2.24) is 51.3 Å². The molecule has 9 atom stereocenters. The number of hydrogen-bond acceptors (Lipinski definition) is 14. The highest BCUT2D eigenvalue weighted by Gasteiger charge is 2.55. The van der Waals surface area contributed by atoms with Gasteiger partial charge in [-0.1, -0.05) is 0 Å². The average Bonchev–Trinajstić information content (AvgIpc) is 3.67. The van der Waals surface area contributed by atoms with E-state index in [1.807, 2.05) is 12.1 Å². The molecular formula is C37H62N12O6. The molecule has 6 saturated heterocycles. The summed E-state index contributed by atoms with van der Waals surface area (Å²) in [6, 6.07) is -1.33. The van der Waals surface area contributed by atoms with Gasteiger partial charge in [0.1, 0.15) is 12.1 Å². The highest BCUT2D eigenvalue weighted by Crippen LogP contribution is 2.42. The van der Waals surface area contributed by atoms with Gasteiger partial charge in [-0.25, -0.2) is 5.01 Å². The maximum Gasteiger partial charge on any atom is 0.249 e. The fraction of sp³-hybridized carbons (Fsp3) is 0.838. The number of likely N-dealkylation sites (tertiary alicyclic amines) is 4. The Balaban J connectivity index is 0.807. The van der Waals surface area contributed by atoms with Gasteiger partial charge in [0.2, 0.25) is 35.4 Å². The monoisotopic (exact) mass is 770 g/mol. The zero-order valence-electron chi connectivity index (χ0n) is 32.4. The summed E-state index contributed by atoms with van der Waals surface area (Å²) in [7, 11) is 1.97. The van der Waals surface area contributed by atoms with Gasteiger partial charge in [-0.05, 0) is 83.8 Å². The highest BCUT2D eigenvalue weighted by molar-refractivity contribution is 6.10. The predicted molar refractivity (Wildman–Crippen MR) is 201 cm³/mol. The molecule has 0 bridgehead atoms. The number of carbonyl (C=O) groups excluding carboxylic acids is 6. The van der Waals surface area contributed by atoms with Crippen LogP contribution in [0.25, 0.3) is 0 Å². The summed E-state index contributed by atoms with van der Waals surface area (Å²) in [5, 5.41) is 14.6. The summed E-state index contributed by atoms with van der Waals surface area (Å²) in [6.45, 7) is 9.89. The number of carbonyl (C=O) groups is 6. The minimum Gasteiger partial charge on any atom is -0.368 e. The first-order chi connectivity index (χ1) is 26.3. The number of primary amides is 1. The normalized spacial score (nSPS) is 33.9. The predicted octanol–water partition coefficient (Wildman–Crippen LogP) is -3.35. The van der Waals surface area contributed by atoms with Gasteiger partial charge in [-0.3, -0.25) is 64.8 Å². The summed E-state index contributed by atoms with van der Waals surface area (Å²) in [4.78, 5) is 84.5. The van der Waals surface area contributed by atoms with Crippen molar-refractivity contribution in [3.63, 3.8) is 0 Å². The number of hydrogen-bond donors (Lipinski definition) is 7. The van der Waals surface area contributed by atoms with Gasteiger partial charge in [0.25, 0.3) is 0 Å². The van der Waals surface area contributed by atoms with Crippen molar-refractivity contribution in [2.24, 2.45) is 35.1 Å². The van der Waals surface area contributed by atoms with Crippen LogP contribution >= 0.6 is 0 Å². The van der Waals surface area contributed by atoms with Crippen LogP contribution in [0.1, 0.15) is 64.7 Å². The number of piperidine rings is 3. The SMILES string of the molecule is CC(NC(NC1CNN(C)C1)C(N)C(N)=O)N1CCC[C@@H](NC(=O)C2CCN(CC3CN(C4CCC5C(=O)N([C@H]6CCC(=O)NC6=O)C(=O)C5C4)C3)CC2)C1. The Hall–Kier alpha value is -3.10. The van der Waals surface area contributed by atoms with E-state index in [1.54, 1.807) is 0 Å². The van der Waals surface area contributed by atoms with E-state index in [0.717, 1.165) is 84.5 Å². The zero-order chi connectivity index (χ0) is 39.0. The summed E-state index contributed by atoms with van der Waals surface area (Å²) in [6.07, 6.45) is 5.48. The minimum atomic E-state index is -0.888. The Labute approximate surface area is 323 Å². The molecule has 7 fully saturated rings. The minimum absolute atomic E-state index is 0.00180. The van der Waals surface area contributed by atoms with Gasteiger partial charge < -0.3 is 21.7 Å². The van der Waals surface area contributed by atoms with Crippen LogP contribution in [0.3, 0.4) is 0 Å². The first-order valence-electron chi connectivity index (χ1n) is 20.6. The van der Waals surface area contributed by atoms with Crippen LogP contribution in [0, 0.1) is 23.7 Å². The first kappa shape index (κ1) is 40.1. The largest absolute Gasteiger partial charge is 0.368 e. The molecule has 7 aliphatic rings. The Morgan fingerprint density at radius 3 is 2.35 bits per heavy atom. The van der Waals surface area contributed by atoms with Crippen molar-refractivity contribution in [1.29, 1.82) is 0 Å². The fourth-order valence-electron chi connectivity index (χ4n) is 10.2. The molecule has 6 aliphatic heterocycles. The number of imide groups is 2. The van der Waals surface area contributed by atoms with Crippen molar-refractivity contribution in [3.05, 3.63) is 0 Å². The van der Waals surface area contributed by atoms with Gasteiger partial charge in [0.05, 0.1) is 24.2 Å². The van der Waals surface area contributed by atoms with Crippen molar-refractivity contribution >= 4 is 35.4 Å². The van der Waals surface area contributed by atoms with Gasteiger partial charge in [0, 0.05) is 76.8 Å². The van der Waals surface area contributed by atoms with Crippen LogP contribution in [0.4, 0.5) is 0 Å². The molecule has 0 aromatic rings. The summed E-state index contributed by atoms with van der Waals surface area (Å²) in [5.41, 5.74) is 15.1. The second-order valence-electron chi connectivity index (χ2n) is 17.3. The second kappa shape index (κ2) is 17.2. The average molecular weight is 771 g/mol. The maximum atomic E-state index is 13.4. The second-order valence-corrected chi connectivity index (χ2v) is 17.3. The molecule has 0 spiro atoms. The Morgan fingerprint density at radius 2 is 1.65 bits per heavy atom. The number of amides is 6. The maximum absolute atomic E-state index is 13.4. The molecule has 55 heavy (non-hydrogen) atoms. The van der Waals surface area contributed by atoms with Crippen LogP contribution in [0.2, 0.25) is 0 Å². The number of fused-ring (bicyclic) bond motifs is 1. The van der Waals surface area contributed by atoms with Crippen LogP contribution in [-0.4, -0.2) is 169 Å². The summed E-state index contributed by atoms with van der Waals surface area (Å²) >= 11 is 0. The summed E-state index contributed by atoms with van der Waals surface area (Å²) < 4.78 is 0. The lowest BCUT2D eigenvalue weighted by molar-refractivity contribution is -0.151. The number of nitrogens with two attached hydrogens (primary N) is 2. The van der Waals surface area contributed by atoms with E-state index >= 15 is 0 Å². The Kier molecular flexibility index (Phi) is 12.5. The third-order valence-electron chi connectivity index (χ3n) is 13.4. The standard InChI is InChI=1S/C37H62N12O6/c1-21(41-33(31(38)32(39)51)42-25-15-40-45(2)19-25)47-11-3-4-24(20-47)43-34(52)23-9-12-46(13-10-23)16-22-17-48(18-22)26-5-6-27-28(14-26)37(55)49(36(27)54)29-7-8-30(50)44-35(29)53/h21-29,31,33,40-42H,3-20,38H2,1-2H3,(H2,39,51)(H,43,52)(H,44,50,53)/t21?,24-,25?,26?,27?,28?,29+,31?,33?/m1/s1. The molecule has 0 radical (unpaired) electrons. The van der Waals surface area contributed by atoms with Gasteiger partial charge >= 0.3 is 0 Å². The molecule has 1 aliphatic carbocycles. The first-order valence-corrected chi connectivity index (χ1v) is 20.6. The van der Waals surface area contributed by atoms with Crippen molar-refractivity contribution < 1.29 is 28.8 Å². The molecule has 1 saturated carbocycles. The lowest BCUT2D eigenvalue weighted by Gasteiger charge is -2.48. The van der Waals surface area contributed by atoms with E-state index in [1.165, 1.54) is 4.90 Å². The molecule has 6 amide bonds. The van der Waals surface area contributed by atoms with E-state index < -0.39 is 30.1 Å². The van der Waals surface area contributed by atoms with Gasteiger partial charge in [-0.15, -0.1) is 0 Å². The number of rotatable bonds is 13. The van der Waals surface area contributed by atoms with E-state index in [4.69, 9.17) is 11.5 Å². The molecular weight excluding hydrogens is 708 g/mol. The topological polar surface area (TPSA) is 231 Å². The molecule has 0 aromatic carbocycles. The Bertz CT molecular complexity index is 1470. The smallest absolute Gasteiger partial charge is 0.249 e. The van der Waals surface area contributed by atoms with Gasteiger partial charge in [0.15, 0.2) is 0 Å². The fourth-order valence-corrected chi connectivity index (χ4v) is 10.2. The van der Waals surface area contributed by atoms with Crippen molar-refractivity contribution in [3.8, 4) is 0 Å². The quantitative estimate of drug-likeness (QED) is 0.0718. The third-order valence-corrected chi connectivity index (χ3v) is 13.4. The van der Waals surface area contributed by atoms with E-state index in [0.29, 0.717) is 25.3 Å². The zero-order valence-corrected chi connectivity index (χ0v) is 32.4. The number of nitrogens with zero attached hydrogens (tertiary/aromatic N) is 5. The molecule has 18 nitrogen and oxygen atoms in total. The van der Waals surface area contributed by atoms with Crippen molar-refractivity contribution in [2.75, 3.05) is 66.0 Å². The number of nitrogens with one attached hydrogen (secondary N) is 5. The highest BCUT2D eigenvalue weighted by atomic mass is 16.2. The molecule has 7 unspecified atom stereocenters. The molecule has 0 aromatic heterocycles. The van der Waals surface area contributed by atoms with Gasteiger partial charge in [-0.2, -0.15) is 0 Å². The van der Waals surface area contributed by atoms with E-state index in [9.17, 15) is 28.8 Å². The lowest BCUT2D eigenvalue weighted by atomic mass is 9.76. The lowest BCUT2D eigenvalue weighted by Crippen LogP contribution is -2.66. The van der Waals surface area contributed by atoms with Crippen LogP contribution in [-0.2, 0) is 28.8 Å². The molecule has 6 heterocycles. The van der Waals surface area contributed by atoms with Crippen LogP contribution in [0.5, 0.6) is 0 Å². The molecule has 306 valence electrons. The number of hydrazine groups is 1. The molecule has 18 heteroatoms. The Morgan fingerprint density at radius 1 is 0.909 bits per heavy atom. The van der Waals surface area contributed by atoms with Crippen molar-refractivity contribution in [2.45, 2.75) is 107 Å². The molecule has 9 N–H and O–H groups in total. The van der Waals surface area contributed by atoms with Crippen LogP contribution in [0.15, 0.2) is 0 Å². The molecule has 7 rings (SSSR count). The summed E-state index contributed by atoms with van der Waals surface area (Å²) in [5.74, 6) is -2.04. The van der Waals surface area contributed by atoms with E-state index in [2.05, 4.69) is 48.3 Å². The van der Waals surface area contributed by atoms with Crippen LogP contribution < -0.4 is 38.2 Å². The third kappa shape index (κ3) is 9.06. The number of likely N-dealkylation sites (N-methyl/N-ethyl adjacent to an activating group) is 1.